The van der Waals surface area contributed by atoms with Crippen LogP contribution in [-0.2, 0) is 6.42 Å². The molecule has 2 aromatic rings. The van der Waals surface area contributed by atoms with Crippen LogP contribution in [0.4, 0.5) is 5.69 Å². The van der Waals surface area contributed by atoms with Crippen molar-refractivity contribution in [3.63, 3.8) is 0 Å². The lowest BCUT2D eigenvalue weighted by molar-refractivity contribution is -0.384. The van der Waals surface area contributed by atoms with E-state index in [0.717, 1.165) is 28.9 Å². The number of nitro benzene ring substituents is 1. The molecule has 0 unspecified atom stereocenters. The van der Waals surface area contributed by atoms with E-state index in [-0.39, 0.29) is 16.5 Å². The Bertz CT molecular complexity index is 985. The summed E-state index contributed by atoms with van der Waals surface area (Å²) in [7, 11) is -1.93. The average Bonchev–Trinajstić information content (AvgIpc) is 2.63. The minimum atomic E-state index is -1.93. The number of allylic oxidation sites excluding steroid dienone is 1. The van der Waals surface area contributed by atoms with Crippen LogP contribution in [0.25, 0.3) is 6.08 Å². The van der Waals surface area contributed by atoms with Gasteiger partial charge in [0.1, 0.15) is 5.75 Å². The first-order chi connectivity index (χ1) is 13.5. The molecule has 0 aromatic heterocycles. The number of nitrogens with zero attached hydrogens (tertiary/aromatic N) is 1. The highest BCUT2D eigenvalue weighted by molar-refractivity contribution is 6.74. The van der Waals surface area contributed by atoms with E-state index in [1.54, 1.807) is 12.1 Å². The summed E-state index contributed by atoms with van der Waals surface area (Å²) in [5.41, 5.74) is 3.30. The van der Waals surface area contributed by atoms with Gasteiger partial charge in [0.15, 0.2) is 5.78 Å². The van der Waals surface area contributed by atoms with Gasteiger partial charge in [-0.3, -0.25) is 14.9 Å². The van der Waals surface area contributed by atoms with Gasteiger partial charge in [-0.1, -0.05) is 20.8 Å². The van der Waals surface area contributed by atoms with Gasteiger partial charge in [0.2, 0.25) is 8.32 Å². The minimum Gasteiger partial charge on any atom is -0.543 e. The Morgan fingerprint density at radius 2 is 1.72 bits per heavy atom. The smallest absolute Gasteiger partial charge is 0.269 e. The van der Waals surface area contributed by atoms with Gasteiger partial charge in [-0.25, -0.2) is 0 Å². The number of Topliss-reactive ketones (excluding diaryl/α,β-unsaturated/α-hetero) is 1. The van der Waals surface area contributed by atoms with Gasteiger partial charge in [-0.15, -0.1) is 0 Å². The molecule has 0 N–H and O–H groups in total. The maximum Gasteiger partial charge on any atom is 0.269 e. The highest BCUT2D eigenvalue weighted by Gasteiger charge is 2.39. The summed E-state index contributed by atoms with van der Waals surface area (Å²) in [6.07, 6.45) is 3.25. The van der Waals surface area contributed by atoms with Crippen molar-refractivity contribution in [2.45, 2.75) is 51.7 Å². The van der Waals surface area contributed by atoms with Crippen LogP contribution < -0.4 is 4.43 Å². The number of hydrogen-bond donors (Lipinski definition) is 0. The molecule has 1 aliphatic carbocycles. The fourth-order valence-corrected chi connectivity index (χ4v) is 4.12. The third-order valence-electron chi connectivity index (χ3n) is 5.90. The molecule has 0 amide bonds. The van der Waals surface area contributed by atoms with Gasteiger partial charge in [-0.05, 0) is 78.5 Å². The Morgan fingerprint density at radius 3 is 2.31 bits per heavy atom. The fraction of sp³-hybridized carbons (Fsp3) is 0.348. The number of ketones is 1. The maximum absolute atomic E-state index is 12.9. The van der Waals surface area contributed by atoms with Crippen LogP contribution in [-0.4, -0.2) is 19.0 Å². The number of carbonyl (C=O) groups is 1. The molecule has 3 rings (SSSR count). The Balaban J connectivity index is 1.82. The molecule has 0 radical (unpaired) electrons. The summed E-state index contributed by atoms with van der Waals surface area (Å²) in [4.78, 5) is 23.3. The molecular weight excluding hydrogens is 382 g/mol. The van der Waals surface area contributed by atoms with Crippen molar-refractivity contribution in [2.75, 3.05) is 0 Å². The SMILES string of the molecule is CC(C)(C)[Si](C)(C)Oc1ccc2c(c1)CC/C(=C\c1ccc([N+](=O)[O-])cc1)C2=O. The molecular formula is C23H27NO4Si. The third-order valence-corrected chi connectivity index (χ3v) is 10.3. The first kappa shape index (κ1) is 21.0. The summed E-state index contributed by atoms with van der Waals surface area (Å²) < 4.78 is 6.38. The van der Waals surface area contributed by atoms with Gasteiger partial charge in [0.25, 0.3) is 5.69 Å². The third kappa shape index (κ3) is 4.48. The number of carbonyl (C=O) groups excluding carboxylic acids is 1. The second-order valence-corrected chi connectivity index (χ2v) is 13.8. The number of non-ortho nitro benzene ring substituents is 1. The minimum absolute atomic E-state index is 0.0171. The van der Waals surface area contributed by atoms with Crippen molar-refractivity contribution in [1.29, 1.82) is 0 Å². The lowest BCUT2D eigenvalue weighted by atomic mass is 9.86. The zero-order valence-electron chi connectivity index (χ0n) is 17.6. The Hall–Kier alpha value is -2.73. The van der Waals surface area contributed by atoms with Gasteiger partial charge >= 0.3 is 0 Å². The number of nitro groups is 1. The summed E-state index contributed by atoms with van der Waals surface area (Å²) in [6.45, 7) is 11.0. The predicted molar refractivity (Wildman–Crippen MR) is 118 cm³/mol. The first-order valence-corrected chi connectivity index (χ1v) is 12.7. The van der Waals surface area contributed by atoms with Crippen LogP contribution in [0, 0.1) is 10.1 Å². The second-order valence-electron chi connectivity index (χ2n) is 9.03. The Kier molecular flexibility index (Phi) is 5.50. The van der Waals surface area contributed by atoms with Crippen molar-refractivity contribution in [1.82, 2.24) is 0 Å². The van der Waals surface area contributed by atoms with Crippen molar-refractivity contribution >= 4 is 25.9 Å². The van der Waals surface area contributed by atoms with E-state index in [0.29, 0.717) is 12.0 Å². The van der Waals surface area contributed by atoms with Crippen molar-refractivity contribution in [2.24, 2.45) is 0 Å². The van der Waals surface area contributed by atoms with E-state index in [1.165, 1.54) is 12.1 Å². The molecule has 5 nitrogen and oxygen atoms in total. The summed E-state index contributed by atoms with van der Waals surface area (Å²) >= 11 is 0. The van der Waals surface area contributed by atoms with Crippen LogP contribution in [0.5, 0.6) is 5.75 Å². The largest absolute Gasteiger partial charge is 0.543 e. The molecule has 0 heterocycles. The monoisotopic (exact) mass is 409 g/mol. The normalized spacial score (nSPS) is 15.9. The van der Waals surface area contributed by atoms with E-state index in [9.17, 15) is 14.9 Å². The maximum atomic E-state index is 12.9. The van der Waals surface area contributed by atoms with Crippen LogP contribution in [0.15, 0.2) is 48.0 Å². The zero-order chi connectivity index (χ0) is 21.4. The first-order valence-electron chi connectivity index (χ1n) is 9.79. The summed E-state index contributed by atoms with van der Waals surface area (Å²) in [5.74, 6) is 0.856. The molecule has 152 valence electrons. The average molecular weight is 410 g/mol. The standard InChI is InChI=1S/C23H27NO4Si/c1-23(2,3)29(4,5)28-20-12-13-21-17(15-20)8-9-18(22(21)25)14-16-6-10-19(11-7-16)24(26)27/h6-7,10-15H,8-9H2,1-5H3/b18-14+. The molecule has 2 aromatic carbocycles. The summed E-state index contributed by atoms with van der Waals surface area (Å²) in [6, 6.07) is 12.0. The molecule has 6 heteroatoms. The number of rotatable bonds is 4. The fourth-order valence-electron chi connectivity index (χ4n) is 3.10. The van der Waals surface area contributed by atoms with Crippen LogP contribution in [0.2, 0.25) is 18.1 Å². The number of aryl methyl sites for hydroxylation is 1. The highest BCUT2D eigenvalue weighted by atomic mass is 28.4. The molecule has 0 aliphatic heterocycles. The number of benzene rings is 2. The van der Waals surface area contributed by atoms with E-state index in [2.05, 4.69) is 33.9 Å². The zero-order valence-corrected chi connectivity index (χ0v) is 18.6. The molecule has 29 heavy (non-hydrogen) atoms. The van der Waals surface area contributed by atoms with Gasteiger partial charge < -0.3 is 4.43 Å². The van der Waals surface area contributed by atoms with Gasteiger partial charge in [-0.2, -0.15) is 0 Å². The molecule has 0 spiro atoms. The quantitative estimate of drug-likeness (QED) is 0.261. The van der Waals surface area contributed by atoms with Crippen LogP contribution in [0.3, 0.4) is 0 Å². The Morgan fingerprint density at radius 1 is 1.07 bits per heavy atom. The van der Waals surface area contributed by atoms with Crippen molar-refractivity contribution in [3.05, 3.63) is 74.8 Å². The number of fused-ring (bicyclic) bond motifs is 1. The van der Waals surface area contributed by atoms with E-state index >= 15 is 0 Å². The topological polar surface area (TPSA) is 69.4 Å². The Labute approximate surface area is 172 Å². The molecule has 0 saturated carbocycles. The van der Waals surface area contributed by atoms with E-state index < -0.39 is 13.2 Å². The lowest BCUT2D eigenvalue weighted by Gasteiger charge is -2.36. The second kappa shape index (κ2) is 7.59. The summed E-state index contributed by atoms with van der Waals surface area (Å²) in [5, 5.41) is 10.9. The van der Waals surface area contributed by atoms with E-state index in [4.69, 9.17) is 4.43 Å². The number of hydrogen-bond acceptors (Lipinski definition) is 4. The predicted octanol–water partition coefficient (Wildman–Crippen LogP) is 6.19. The molecule has 0 bridgehead atoms. The molecule has 0 saturated heterocycles. The van der Waals surface area contributed by atoms with Crippen molar-refractivity contribution in [3.8, 4) is 5.75 Å². The van der Waals surface area contributed by atoms with Gasteiger partial charge in [0, 0.05) is 23.3 Å². The van der Waals surface area contributed by atoms with Crippen LogP contribution >= 0.6 is 0 Å². The van der Waals surface area contributed by atoms with Gasteiger partial charge in [0.05, 0.1) is 4.92 Å². The van der Waals surface area contributed by atoms with E-state index in [1.807, 2.05) is 24.3 Å². The van der Waals surface area contributed by atoms with Crippen molar-refractivity contribution < 1.29 is 14.1 Å². The molecule has 0 atom stereocenters. The molecule has 1 aliphatic rings. The molecule has 0 fully saturated rings. The highest BCUT2D eigenvalue weighted by Crippen LogP contribution is 2.38. The lowest BCUT2D eigenvalue weighted by Crippen LogP contribution is -2.43. The van der Waals surface area contributed by atoms with Crippen LogP contribution in [0.1, 0.15) is 48.7 Å².